The fourth-order valence-corrected chi connectivity index (χ4v) is 2.87. The number of rotatable bonds is 4. The van der Waals surface area contributed by atoms with Crippen LogP contribution in [0.3, 0.4) is 0 Å². The molecule has 2 aromatic heterocycles. The molecule has 0 spiro atoms. The van der Waals surface area contributed by atoms with E-state index in [1.807, 2.05) is 12.3 Å². The maximum atomic E-state index is 12.3. The summed E-state index contributed by atoms with van der Waals surface area (Å²) in [6.45, 7) is 5.77. The van der Waals surface area contributed by atoms with Crippen LogP contribution in [0.2, 0.25) is 0 Å². The first-order valence-corrected chi connectivity index (χ1v) is 7.19. The molecule has 0 aliphatic heterocycles. The molecule has 2 rings (SSSR count). The van der Waals surface area contributed by atoms with Crippen LogP contribution in [-0.2, 0) is 13.0 Å². The van der Waals surface area contributed by atoms with Gasteiger partial charge in [-0.1, -0.05) is 6.92 Å². The van der Waals surface area contributed by atoms with Gasteiger partial charge in [0.05, 0.1) is 17.2 Å². The molecule has 2 aromatic rings. The third-order valence-electron chi connectivity index (χ3n) is 3.14. The second-order valence-corrected chi connectivity index (χ2v) is 5.57. The fraction of sp³-hybridized carbons (Fsp3) is 0.357. The largest absolute Gasteiger partial charge is 0.477 e. The molecule has 0 unspecified atom stereocenters. The molecule has 0 aromatic carbocycles. The number of pyridine rings is 1. The number of carboxylic acids is 1. The molecule has 0 atom stereocenters. The van der Waals surface area contributed by atoms with Gasteiger partial charge in [0.15, 0.2) is 0 Å². The lowest BCUT2D eigenvalue weighted by Crippen LogP contribution is -2.29. The number of nitrogens with zero attached hydrogens (tertiary/aromatic N) is 2. The second kappa shape index (κ2) is 5.58. The van der Waals surface area contributed by atoms with Crippen molar-refractivity contribution in [2.24, 2.45) is 0 Å². The minimum Gasteiger partial charge on any atom is -0.477 e. The monoisotopic (exact) mass is 292 g/mol. The molecule has 0 aliphatic carbocycles. The van der Waals surface area contributed by atoms with Gasteiger partial charge in [0.2, 0.25) is 0 Å². The Bertz CT molecular complexity index is 716. The smallest absolute Gasteiger partial charge is 0.341 e. The highest BCUT2D eigenvalue weighted by Gasteiger charge is 2.17. The summed E-state index contributed by atoms with van der Waals surface area (Å²) >= 11 is 1.55. The SMILES string of the molecule is CCc1nc(Cn2c(C)cc(C)c(C(=O)O)c2=O)cs1. The third kappa shape index (κ3) is 2.65. The van der Waals surface area contributed by atoms with Crippen LogP contribution in [0.1, 0.15) is 39.2 Å². The summed E-state index contributed by atoms with van der Waals surface area (Å²) in [5.74, 6) is -1.19. The van der Waals surface area contributed by atoms with E-state index in [2.05, 4.69) is 4.98 Å². The number of thiazole rings is 1. The minimum atomic E-state index is -1.19. The lowest BCUT2D eigenvalue weighted by molar-refractivity contribution is 0.0693. The maximum absolute atomic E-state index is 12.3. The Labute approximate surface area is 120 Å². The molecule has 2 heterocycles. The lowest BCUT2D eigenvalue weighted by Gasteiger charge is -2.11. The zero-order valence-electron chi connectivity index (χ0n) is 11.6. The molecule has 1 N–H and O–H groups in total. The average molecular weight is 292 g/mol. The van der Waals surface area contributed by atoms with E-state index >= 15 is 0 Å². The normalized spacial score (nSPS) is 10.8. The van der Waals surface area contributed by atoms with E-state index in [1.54, 1.807) is 31.3 Å². The molecule has 5 nitrogen and oxygen atoms in total. The van der Waals surface area contributed by atoms with Crippen LogP contribution in [0.5, 0.6) is 0 Å². The van der Waals surface area contributed by atoms with E-state index < -0.39 is 11.5 Å². The predicted molar refractivity (Wildman–Crippen MR) is 77.7 cm³/mol. The van der Waals surface area contributed by atoms with Crippen LogP contribution in [0.15, 0.2) is 16.2 Å². The topological polar surface area (TPSA) is 72.2 Å². The summed E-state index contributed by atoms with van der Waals surface area (Å²) in [6.07, 6.45) is 0.854. The van der Waals surface area contributed by atoms with Gasteiger partial charge in [-0.25, -0.2) is 9.78 Å². The second-order valence-electron chi connectivity index (χ2n) is 4.63. The summed E-state index contributed by atoms with van der Waals surface area (Å²) in [7, 11) is 0. The van der Waals surface area contributed by atoms with Crippen molar-refractivity contribution < 1.29 is 9.90 Å². The first kappa shape index (κ1) is 14.5. The summed E-state index contributed by atoms with van der Waals surface area (Å²) in [4.78, 5) is 27.9. The Hall–Kier alpha value is -1.95. The quantitative estimate of drug-likeness (QED) is 0.938. The van der Waals surface area contributed by atoms with Gasteiger partial charge in [0.25, 0.3) is 5.56 Å². The third-order valence-corrected chi connectivity index (χ3v) is 4.18. The molecule has 106 valence electrons. The van der Waals surface area contributed by atoms with Crippen molar-refractivity contribution in [1.82, 2.24) is 9.55 Å². The molecular formula is C14H16N2O3S. The summed E-state index contributed by atoms with van der Waals surface area (Å²) < 4.78 is 1.46. The zero-order valence-corrected chi connectivity index (χ0v) is 12.5. The van der Waals surface area contributed by atoms with Gasteiger partial charge in [-0.2, -0.15) is 0 Å². The van der Waals surface area contributed by atoms with Gasteiger partial charge in [0, 0.05) is 11.1 Å². The van der Waals surface area contributed by atoms with Gasteiger partial charge < -0.3 is 9.67 Å². The highest BCUT2D eigenvalue weighted by atomic mass is 32.1. The van der Waals surface area contributed by atoms with Crippen LogP contribution in [0.25, 0.3) is 0 Å². The van der Waals surface area contributed by atoms with Crippen molar-refractivity contribution in [3.05, 3.63) is 49.3 Å². The maximum Gasteiger partial charge on any atom is 0.341 e. The highest BCUT2D eigenvalue weighted by Crippen LogP contribution is 2.13. The van der Waals surface area contributed by atoms with E-state index in [0.29, 0.717) is 12.1 Å². The Morgan fingerprint density at radius 3 is 2.70 bits per heavy atom. The molecular weight excluding hydrogens is 276 g/mol. The fourth-order valence-electron chi connectivity index (χ4n) is 2.13. The number of hydrogen-bond donors (Lipinski definition) is 1. The molecule has 0 saturated carbocycles. The number of carboxylic acid groups (broad SMARTS) is 1. The number of aromatic carboxylic acids is 1. The van der Waals surface area contributed by atoms with Crippen molar-refractivity contribution in [3.63, 3.8) is 0 Å². The van der Waals surface area contributed by atoms with E-state index in [1.165, 1.54) is 4.57 Å². The minimum absolute atomic E-state index is 0.165. The molecule has 0 amide bonds. The van der Waals surface area contributed by atoms with Gasteiger partial charge in [-0.3, -0.25) is 4.79 Å². The predicted octanol–water partition coefficient (Wildman–Crippen LogP) is 2.23. The van der Waals surface area contributed by atoms with Crippen LogP contribution in [0, 0.1) is 13.8 Å². The van der Waals surface area contributed by atoms with Crippen molar-refractivity contribution in [2.45, 2.75) is 33.7 Å². The Balaban J connectivity index is 2.49. The first-order valence-electron chi connectivity index (χ1n) is 6.31. The first-order chi connectivity index (χ1) is 9.43. The van der Waals surface area contributed by atoms with Crippen LogP contribution < -0.4 is 5.56 Å². The Morgan fingerprint density at radius 2 is 2.15 bits per heavy atom. The van der Waals surface area contributed by atoms with Crippen LogP contribution >= 0.6 is 11.3 Å². The number of aromatic nitrogens is 2. The number of carbonyl (C=O) groups is 1. The average Bonchev–Trinajstić information content (AvgIpc) is 2.81. The number of aryl methyl sites for hydroxylation is 3. The van der Waals surface area contributed by atoms with Crippen molar-refractivity contribution in [1.29, 1.82) is 0 Å². The molecule has 0 fully saturated rings. The van der Waals surface area contributed by atoms with E-state index in [9.17, 15) is 9.59 Å². The Kier molecular flexibility index (Phi) is 4.04. The zero-order chi connectivity index (χ0) is 14.9. The van der Waals surface area contributed by atoms with Crippen LogP contribution in [0.4, 0.5) is 0 Å². The highest BCUT2D eigenvalue weighted by molar-refractivity contribution is 7.09. The van der Waals surface area contributed by atoms with Gasteiger partial charge >= 0.3 is 5.97 Å². The van der Waals surface area contributed by atoms with Gasteiger partial charge in [0.1, 0.15) is 5.56 Å². The van der Waals surface area contributed by atoms with Crippen molar-refractivity contribution >= 4 is 17.3 Å². The molecule has 0 aliphatic rings. The van der Waals surface area contributed by atoms with E-state index in [4.69, 9.17) is 5.11 Å². The molecule has 0 saturated heterocycles. The lowest BCUT2D eigenvalue weighted by atomic mass is 10.1. The summed E-state index contributed by atoms with van der Waals surface area (Å²) in [5.41, 5.74) is 1.38. The molecule has 0 radical (unpaired) electrons. The van der Waals surface area contributed by atoms with E-state index in [-0.39, 0.29) is 5.56 Å². The summed E-state index contributed by atoms with van der Waals surface area (Å²) in [5, 5.41) is 12.1. The molecule has 6 heteroatoms. The van der Waals surface area contributed by atoms with Crippen molar-refractivity contribution in [2.75, 3.05) is 0 Å². The summed E-state index contributed by atoms with van der Waals surface area (Å²) in [6, 6.07) is 1.72. The van der Waals surface area contributed by atoms with Crippen LogP contribution in [-0.4, -0.2) is 20.6 Å². The Morgan fingerprint density at radius 1 is 1.45 bits per heavy atom. The molecule has 0 bridgehead atoms. The molecule has 20 heavy (non-hydrogen) atoms. The van der Waals surface area contributed by atoms with Crippen molar-refractivity contribution in [3.8, 4) is 0 Å². The standard InChI is InChI=1S/C14H16N2O3S/c1-4-11-15-10(7-20-11)6-16-9(3)5-8(2)12(13(16)17)14(18)19/h5,7H,4,6H2,1-3H3,(H,18,19). The van der Waals surface area contributed by atoms with Gasteiger partial charge in [-0.15, -0.1) is 11.3 Å². The van der Waals surface area contributed by atoms with Gasteiger partial charge in [-0.05, 0) is 31.9 Å². The number of hydrogen-bond acceptors (Lipinski definition) is 4. The van der Waals surface area contributed by atoms with E-state index in [0.717, 1.165) is 22.8 Å².